The third kappa shape index (κ3) is 5.36. The summed E-state index contributed by atoms with van der Waals surface area (Å²) in [5.41, 5.74) is 3.91. The van der Waals surface area contributed by atoms with Crippen LogP contribution in [-0.2, 0) is 0 Å². The maximum absolute atomic E-state index is 6.13. The second kappa shape index (κ2) is 9.89. The van der Waals surface area contributed by atoms with Crippen molar-refractivity contribution in [3.05, 3.63) is 113 Å². The van der Waals surface area contributed by atoms with E-state index in [0.29, 0.717) is 0 Å². The summed E-state index contributed by atoms with van der Waals surface area (Å²) in [5.74, 6) is 0. The highest BCUT2D eigenvalue weighted by molar-refractivity contribution is 6.30. The molecule has 1 saturated heterocycles. The minimum atomic E-state index is 0.274. The molecule has 0 aliphatic carbocycles. The molecule has 0 radical (unpaired) electrons. The lowest BCUT2D eigenvalue weighted by Gasteiger charge is -2.39. The molecule has 3 heteroatoms. The molecule has 0 N–H and O–H groups in total. The number of nitrogens with zero attached hydrogens (tertiary/aromatic N) is 2. The van der Waals surface area contributed by atoms with Gasteiger partial charge in [-0.25, -0.2) is 0 Å². The molecule has 4 rings (SSSR count). The third-order valence-corrected chi connectivity index (χ3v) is 5.80. The molecule has 0 saturated carbocycles. The SMILES string of the molecule is Clc1ccc([C@@H](c2ccccc2)N2CCN(C/C=C\c3ccccc3)CC2)cc1. The van der Waals surface area contributed by atoms with Crippen molar-refractivity contribution in [2.45, 2.75) is 6.04 Å². The predicted octanol–water partition coefficient (Wildman–Crippen LogP) is 5.76. The Morgan fingerprint density at radius 1 is 0.724 bits per heavy atom. The molecule has 29 heavy (non-hydrogen) atoms. The van der Waals surface area contributed by atoms with E-state index in [-0.39, 0.29) is 6.04 Å². The Morgan fingerprint density at radius 2 is 1.31 bits per heavy atom. The minimum Gasteiger partial charge on any atom is -0.297 e. The molecule has 3 aromatic rings. The number of halogens is 1. The smallest absolute Gasteiger partial charge is 0.0602 e. The first-order valence-electron chi connectivity index (χ1n) is 10.3. The van der Waals surface area contributed by atoms with Gasteiger partial charge in [0.1, 0.15) is 0 Å². The minimum absolute atomic E-state index is 0.274. The van der Waals surface area contributed by atoms with E-state index in [2.05, 4.69) is 94.7 Å². The zero-order valence-electron chi connectivity index (χ0n) is 16.6. The lowest BCUT2D eigenvalue weighted by molar-refractivity contribution is 0.118. The Labute approximate surface area is 179 Å². The van der Waals surface area contributed by atoms with Crippen LogP contribution in [0, 0.1) is 0 Å². The number of benzene rings is 3. The highest BCUT2D eigenvalue weighted by Gasteiger charge is 2.25. The molecule has 1 aliphatic rings. The van der Waals surface area contributed by atoms with Gasteiger partial charge in [-0.1, -0.05) is 96.5 Å². The maximum Gasteiger partial charge on any atom is 0.0602 e. The van der Waals surface area contributed by atoms with Crippen LogP contribution in [0.15, 0.2) is 91.0 Å². The van der Waals surface area contributed by atoms with Crippen LogP contribution in [0.4, 0.5) is 0 Å². The topological polar surface area (TPSA) is 6.48 Å². The van der Waals surface area contributed by atoms with E-state index in [1.54, 1.807) is 0 Å². The molecule has 3 aromatic carbocycles. The van der Waals surface area contributed by atoms with Gasteiger partial charge in [-0.05, 0) is 28.8 Å². The second-order valence-electron chi connectivity index (χ2n) is 7.51. The van der Waals surface area contributed by atoms with Crippen LogP contribution in [-0.4, -0.2) is 42.5 Å². The lowest BCUT2D eigenvalue weighted by atomic mass is 9.96. The summed E-state index contributed by atoms with van der Waals surface area (Å²) in [6, 6.07) is 29.9. The number of hydrogen-bond acceptors (Lipinski definition) is 2. The van der Waals surface area contributed by atoms with Gasteiger partial charge < -0.3 is 0 Å². The fourth-order valence-electron chi connectivity index (χ4n) is 4.00. The molecule has 0 amide bonds. The molecule has 0 unspecified atom stereocenters. The van der Waals surface area contributed by atoms with Crippen LogP contribution in [0.2, 0.25) is 5.02 Å². The highest BCUT2D eigenvalue weighted by atomic mass is 35.5. The largest absolute Gasteiger partial charge is 0.297 e. The van der Waals surface area contributed by atoms with Crippen LogP contribution in [0.5, 0.6) is 0 Å². The van der Waals surface area contributed by atoms with E-state index in [1.165, 1.54) is 16.7 Å². The molecule has 1 fully saturated rings. The monoisotopic (exact) mass is 402 g/mol. The molecule has 0 spiro atoms. The van der Waals surface area contributed by atoms with Gasteiger partial charge in [0.15, 0.2) is 0 Å². The van der Waals surface area contributed by atoms with Crippen molar-refractivity contribution in [1.29, 1.82) is 0 Å². The van der Waals surface area contributed by atoms with Gasteiger partial charge in [0.25, 0.3) is 0 Å². The van der Waals surface area contributed by atoms with Gasteiger partial charge in [0.2, 0.25) is 0 Å². The molecule has 2 nitrogen and oxygen atoms in total. The van der Waals surface area contributed by atoms with Gasteiger partial charge in [0, 0.05) is 37.7 Å². The van der Waals surface area contributed by atoms with Crippen LogP contribution in [0.1, 0.15) is 22.7 Å². The molecule has 1 aliphatic heterocycles. The second-order valence-corrected chi connectivity index (χ2v) is 7.95. The average Bonchev–Trinajstić information content (AvgIpc) is 2.78. The maximum atomic E-state index is 6.13. The number of piperazine rings is 1. The quantitative estimate of drug-likeness (QED) is 0.517. The van der Waals surface area contributed by atoms with Gasteiger partial charge in [-0.15, -0.1) is 0 Å². The summed E-state index contributed by atoms with van der Waals surface area (Å²) in [4.78, 5) is 5.12. The Bertz CT molecular complexity index is 898. The molecule has 0 aromatic heterocycles. The van der Waals surface area contributed by atoms with Gasteiger partial charge in [-0.3, -0.25) is 9.80 Å². The molecular formula is C26H27ClN2. The first kappa shape index (κ1) is 19.9. The van der Waals surface area contributed by atoms with Crippen molar-refractivity contribution in [2.24, 2.45) is 0 Å². The van der Waals surface area contributed by atoms with E-state index in [9.17, 15) is 0 Å². The fraction of sp³-hybridized carbons (Fsp3) is 0.231. The van der Waals surface area contributed by atoms with E-state index in [4.69, 9.17) is 11.6 Å². The number of rotatable bonds is 6. The van der Waals surface area contributed by atoms with Crippen molar-refractivity contribution in [3.63, 3.8) is 0 Å². The molecule has 148 valence electrons. The average molecular weight is 403 g/mol. The predicted molar refractivity (Wildman–Crippen MR) is 123 cm³/mol. The van der Waals surface area contributed by atoms with Crippen LogP contribution in [0.3, 0.4) is 0 Å². The highest BCUT2D eigenvalue weighted by Crippen LogP contribution is 2.30. The third-order valence-electron chi connectivity index (χ3n) is 5.55. The van der Waals surface area contributed by atoms with E-state index < -0.39 is 0 Å². The molecule has 0 bridgehead atoms. The normalized spacial score (nSPS) is 16.9. The lowest BCUT2D eigenvalue weighted by Crippen LogP contribution is -2.47. The summed E-state index contributed by atoms with van der Waals surface area (Å²) < 4.78 is 0. The first-order valence-corrected chi connectivity index (χ1v) is 10.7. The van der Waals surface area contributed by atoms with E-state index in [0.717, 1.165) is 37.7 Å². The van der Waals surface area contributed by atoms with Crippen molar-refractivity contribution in [2.75, 3.05) is 32.7 Å². The van der Waals surface area contributed by atoms with Crippen LogP contribution < -0.4 is 0 Å². The van der Waals surface area contributed by atoms with Gasteiger partial charge in [0.05, 0.1) is 6.04 Å². The fourth-order valence-corrected chi connectivity index (χ4v) is 4.13. The zero-order valence-corrected chi connectivity index (χ0v) is 17.4. The zero-order chi connectivity index (χ0) is 19.9. The Kier molecular flexibility index (Phi) is 6.79. The van der Waals surface area contributed by atoms with Crippen LogP contribution >= 0.6 is 11.6 Å². The Balaban J connectivity index is 1.41. The first-order chi connectivity index (χ1) is 14.3. The van der Waals surface area contributed by atoms with Gasteiger partial charge >= 0.3 is 0 Å². The van der Waals surface area contributed by atoms with Crippen molar-refractivity contribution >= 4 is 17.7 Å². The van der Waals surface area contributed by atoms with Gasteiger partial charge in [-0.2, -0.15) is 0 Å². The standard InChI is InChI=1S/C26H27ClN2/c27-25-15-13-24(14-16-25)26(23-11-5-2-6-12-23)29-20-18-28(19-21-29)17-7-10-22-8-3-1-4-9-22/h1-16,26H,17-21H2/b10-7-/t26-/m1/s1. The summed E-state index contributed by atoms with van der Waals surface area (Å²) in [6.07, 6.45) is 4.49. The van der Waals surface area contributed by atoms with Crippen molar-refractivity contribution in [1.82, 2.24) is 9.80 Å². The molecule has 1 heterocycles. The summed E-state index contributed by atoms with van der Waals surface area (Å²) in [5, 5.41) is 0.788. The van der Waals surface area contributed by atoms with Crippen molar-refractivity contribution < 1.29 is 0 Å². The summed E-state index contributed by atoms with van der Waals surface area (Å²) >= 11 is 6.13. The van der Waals surface area contributed by atoms with Crippen molar-refractivity contribution in [3.8, 4) is 0 Å². The Hall–Kier alpha value is -2.39. The molecular weight excluding hydrogens is 376 g/mol. The summed E-state index contributed by atoms with van der Waals surface area (Å²) in [7, 11) is 0. The van der Waals surface area contributed by atoms with E-state index >= 15 is 0 Å². The Morgan fingerprint density at radius 3 is 1.97 bits per heavy atom. The molecule has 1 atom stereocenters. The summed E-state index contributed by atoms with van der Waals surface area (Å²) in [6.45, 7) is 5.27. The van der Waals surface area contributed by atoms with E-state index in [1.807, 2.05) is 12.1 Å². The van der Waals surface area contributed by atoms with Crippen LogP contribution in [0.25, 0.3) is 6.08 Å². The number of hydrogen-bond donors (Lipinski definition) is 0.